The van der Waals surface area contributed by atoms with Gasteiger partial charge >= 0.3 is 6.03 Å². The summed E-state index contributed by atoms with van der Waals surface area (Å²) in [6.45, 7) is 1.69. The van der Waals surface area contributed by atoms with Crippen molar-refractivity contribution in [3.8, 4) is 0 Å². The minimum absolute atomic E-state index is 0.0873. The number of nitrogens with one attached hydrogen (secondary N) is 1. The molecule has 2 heterocycles. The molecule has 3 aliphatic rings. The molecule has 1 atom stereocenters. The van der Waals surface area contributed by atoms with Crippen LogP contribution in [0.25, 0.3) is 0 Å². The van der Waals surface area contributed by atoms with Crippen molar-refractivity contribution in [2.75, 3.05) is 14.2 Å². The summed E-state index contributed by atoms with van der Waals surface area (Å²) >= 11 is 0. The highest BCUT2D eigenvalue weighted by Gasteiger charge is 2.46. The topological polar surface area (TPSA) is 143 Å². The van der Waals surface area contributed by atoms with Gasteiger partial charge in [0.2, 0.25) is 15.9 Å². The molecule has 1 fully saturated rings. The van der Waals surface area contributed by atoms with E-state index in [1.807, 2.05) is 0 Å². The molecule has 1 saturated carbocycles. The van der Waals surface area contributed by atoms with E-state index in [1.165, 1.54) is 31.1 Å². The van der Waals surface area contributed by atoms with E-state index in [4.69, 9.17) is 4.84 Å². The van der Waals surface area contributed by atoms with E-state index in [0.29, 0.717) is 18.4 Å². The number of aryl methyl sites for hydroxylation is 1. The first-order valence-electron chi connectivity index (χ1n) is 10.2. The van der Waals surface area contributed by atoms with Gasteiger partial charge in [0.15, 0.2) is 0 Å². The van der Waals surface area contributed by atoms with Gasteiger partial charge in [-0.1, -0.05) is 0 Å². The van der Waals surface area contributed by atoms with Crippen molar-refractivity contribution in [2.45, 2.75) is 31.8 Å². The Hall–Kier alpha value is -3.16. The molecule has 0 saturated heterocycles. The third-order valence-corrected chi connectivity index (χ3v) is 7.38. The highest BCUT2D eigenvalue weighted by atomic mass is 32.2. The number of carbonyl (C=O) groups is 3. The van der Waals surface area contributed by atoms with Crippen molar-refractivity contribution in [3.63, 3.8) is 0 Å². The molecule has 4 amide bonds. The second kappa shape index (κ2) is 8.01. The lowest BCUT2D eigenvalue weighted by atomic mass is 9.88. The molecule has 0 bridgehead atoms. The first kappa shape index (κ1) is 23.0. The summed E-state index contributed by atoms with van der Waals surface area (Å²) in [6, 6.07) is -0.850. The van der Waals surface area contributed by atoms with Gasteiger partial charge in [-0.25, -0.2) is 23.0 Å². The summed E-state index contributed by atoms with van der Waals surface area (Å²) in [6.07, 6.45) is 6.87. The number of carbonyl (C=O) groups excluding carboxylic acids is 3. The monoisotopic (exact) mass is 476 g/mol. The van der Waals surface area contributed by atoms with Crippen LogP contribution in [0.15, 0.2) is 40.0 Å². The van der Waals surface area contributed by atoms with Crippen molar-refractivity contribution < 1.29 is 27.6 Å². The first-order chi connectivity index (χ1) is 15.4. The molecule has 1 unspecified atom stereocenters. The number of imide groups is 1. The van der Waals surface area contributed by atoms with Crippen LogP contribution in [0.4, 0.5) is 4.79 Å². The molecule has 2 aliphatic carbocycles. The Morgan fingerprint density at radius 3 is 2.64 bits per heavy atom. The molecule has 0 spiro atoms. The van der Waals surface area contributed by atoms with E-state index in [0.717, 1.165) is 16.0 Å². The number of hydroxylamine groups is 2. The lowest BCUT2D eigenvalue weighted by molar-refractivity contribution is -0.163. The van der Waals surface area contributed by atoms with Crippen LogP contribution in [0.5, 0.6) is 0 Å². The molecular weight excluding hydrogens is 452 g/mol. The molecular formula is C20H24N6O6S. The fraction of sp³-hybridized carbons (Fsp3) is 0.450. The molecule has 1 aromatic heterocycles. The van der Waals surface area contributed by atoms with Crippen LogP contribution in [-0.4, -0.2) is 71.4 Å². The van der Waals surface area contributed by atoms with E-state index >= 15 is 0 Å². The quantitative estimate of drug-likeness (QED) is 0.556. The van der Waals surface area contributed by atoms with Crippen LogP contribution < -0.4 is 4.72 Å². The first-order valence-corrected chi connectivity index (χ1v) is 11.6. The fourth-order valence-corrected chi connectivity index (χ4v) is 5.12. The number of sulfonamides is 1. The maximum Gasteiger partial charge on any atom is 0.350 e. The van der Waals surface area contributed by atoms with Crippen molar-refractivity contribution in [1.82, 2.24) is 24.5 Å². The number of rotatable bonds is 7. The molecule has 33 heavy (non-hydrogen) atoms. The Morgan fingerprint density at radius 1 is 1.36 bits per heavy atom. The number of likely N-dealkylation sites (N-methyl/N-ethyl adjacent to an activating group) is 1. The molecule has 13 heteroatoms. The van der Waals surface area contributed by atoms with Gasteiger partial charge in [0.25, 0.3) is 5.91 Å². The van der Waals surface area contributed by atoms with Crippen molar-refractivity contribution in [2.24, 2.45) is 18.0 Å². The number of hydrogen-bond acceptors (Lipinski definition) is 7. The van der Waals surface area contributed by atoms with E-state index in [9.17, 15) is 22.8 Å². The van der Waals surface area contributed by atoms with Gasteiger partial charge < -0.3 is 0 Å². The smallest absolute Gasteiger partial charge is 0.275 e. The summed E-state index contributed by atoms with van der Waals surface area (Å²) in [4.78, 5) is 48.5. The lowest BCUT2D eigenvalue weighted by Gasteiger charge is -2.32. The van der Waals surface area contributed by atoms with Crippen molar-refractivity contribution >= 4 is 33.6 Å². The zero-order chi connectivity index (χ0) is 24.1. The van der Waals surface area contributed by atoms with Gasteiger partial charge in [0.1, 0.15) is 5.92 Å². The molecule has 176 valence electrons. The number of aliphatic imine (C=N–C) groups is 1. The van der Waals surface area contributed by atoms with E-state index in [-0.39, 0.29) is 22.7 Å². The zero-order valence-electron chi connectivity index (χ0n) is 18.6. The highest BCUT2D eigenvalue weighted by molar-refractivity contribution is 7.93. The lowest BCUT2D eigenvalue weighted by Crippen LogP contribution is -2.49. The van der Waals surface area contributed by atoms with Crippen LogP contribution in [0, 0.1) is 5.92 Å². The number of hydrogen-bond donors (Lipinski definition) is 1. The average Bonchev–Trinajstić information content (AvgIpc) is 3.32. The average molecular weight is 477 g/mol. The van der Waals surface area contributed by atoms with E-state index < -0.39 is 39.3 Å². The number of nitrogens with zero attached hydrogens (tertiary/aromatic N) is 5. The Labute approximate surface area is 190 Å². The minimum Gasteiger partial charge on any atom is -0.275 e. The number of aromatic nitrogens is 2. The van der Waals surface area contributed by atoms with Gasteiger partial charge in [0.05, 0.1) is 36.0 Å². The molecule has 1 aromatic rings. The van der Waals surface area contributed by atoms with Gasteiger partial charge in [-0.15, -0.1) is 0 Å². The number of amides is 4. The molecule has 0 radical (unpaired) electrons. The predicted molar refractivity (Wildman–Crippen MR) is 116 cm³/mol. The molecule has 4 rings (SSSR count). The molecule has 1 N–H and O–H groups in total. The summed E-state index contributed by atoms with van der Waals surface area (Å²) < 4.78 is 30.2. The predicted octanol–water partition coefficient (Wildman–Crippen LogP) is 0.255. The molecule has 1 aliphatic heterocycles. The minimum atomic E-state index is -4.04. The largest absolute Gasteiger partial charge is 0.350 e. The van der Waals surface area contributed by atoms with Crippen LogP contribution in [0.3, 0.4) is 0 Å². The fourth-order valence-electron chi connectivity index (χ4n) is 3.56. The zero-order valence-corrected chi connectivity index (χ0v) is 19.4. The summed E-state index contributed by atoms with van der Waals surface area (Å²) in [5.41, 5.74) is -0.276. The number of urea groups is 1. The Balaban J connectivity index is 1.76. The summed E-state index contributed by atoms with van der Waals surface area (Å²) in [5.74, 6) is -2.65. The maximum absolute atomic E-state index is 13.3. The second-order valence-corrected chi connectivity index (χ2v) is 10.2. The van der Waals surface area contributed by atoms with Crippen molar-refractivity contribution in [3.05, 3.63) is 40.6 Å². The Bertz CT molecular complexity index is 1240. The van der Waals surface area contributed by atoms with Crippen molar-refractivity contribution in [1.29, 1.82) is 0 Å². The number of allylic oxidation sites excluding steroid dienone is 1. The SMILES string of the molecule is CON(C)C(=O)C1=CC(S(=O)(=O)NC2(C)CC2)=CC2C(=O)N(Cc3cnn(C)c3)C(=O)N=C12. The number of fused-ring (bicyclic) bond motifs is 1. The summed E-state index contributed by atoms with van der Waals surface area (Å²) in [7, 11) is 0.248. The van der Waals surface area contributed by atoms with E-state index in [2.05, 4.69) is 14.8 Å². The second-order valence-electron chi connectivity index (χ2n) is 8.48. The third kappa shape index (κ3) is 4.38. The van der Waals surface area contributed by atoms with Crippen LogP contribution in [0.2, 0.25) is 0 Å². The highest BCUT2D eigenvalue weighted by Crippen LogP contribution is 2.37. The standard InChI is InChI=1S/C20H24N6O6S/c1-20(5-6-20)23-33(30,31)13-7-14(17(27)25(3)32-4)16-15(8-13)18(28)26(19(29)22-16)11-12-9-21-24(2)10-12/h7-10,15,23H,5-6,11H2,1-4H3. The Morgan fingerprint density at radius 2 is 2.06 bits per heavy atom. The third-order valence-electron chi connectivity index (χ3n) is 5.75. The van der Waals surface area contributed by atoms with Gasteiger partial charge in [0, 0.05) is 31.4 Å². The van der Waals surface area contributed by atoms with Gasteiger partial charge in [-0.2, -0.15) is 10.1 Å². The summed E-state index contributed by atoms with van der Waals surface area (Å²) in [5, 5.41) is 4.89. The maximum atomic E-state index is 13.3. The molecule has 12 nitrogen and oxygen atoms in total. The van der Waals surface area contributed by atoms with Crippen LogP contribution >= 0.6 is 0 Å². The van der Waals surface area contributed by atoms with Crippen LogP contribution in [-0.2, 0) is 38.0 Å². The molecule has 0 aromatic carbocycles. The van der Waals surface area contributed by atoms with E-state index in [1.54, 1.807) is 20.2 Å². The van der Waals surface area contributed by atoms with Gasteiger partial charge in [-0.05, 0) is 31.9 Å². The Kier molecular flexibility index (Phi) is 5.58. The van der Waals surface area contributed by atoms with Crippen LogP contribution in [0.1, 0.15) is 25.3 Å². The van der Waals surface area contributed by atoms with Gasteiger partial charge in [-0.3, -0.25) is 24.0 Å². The normalized spacial score (nSPS) is 21.8.